The number of nitrogens with zero attached hydrogens (tertiary/aromatic N) is 1. The molecule has 0 aromatic carbocycles. The summed E-state index contributed by atoms with van der Waals surface area (Å²) < 4.78 is 5.00. The van der Waals surface area contributed by atoms with E-state index in [0.717, 1.165) is 13.0 Å². The number of amides is 1. The van der Waals surface area contributed by atoms with E-state index in [9.17, 15) is 4.79 Å². The molecule has 3 heteroatoms. The molecule has 0 aromatic heterocycles. The Labute approximate surface area is 72.3 Å². The van der Waals surface area contributed by atoms with Gasteiger partial charge in [-0.05, 0) is 6.42 Å². The van der Waals surface area contributed by atoms with Crippen molar-refractivity contribution in [2.24, 2.45) is 0 Å². The molecule has 0 atom stereocenters. The number of hydrogen-bond donors (Lipinski definition) is 0. The van der Waals surface area contributed by atoms with E-state index in [-0.39, 0.29) is 5.91 Å². The molecule has 1 amide bonds. The first-order valence-electron chi connectivity index (χ1n) is 4.03. The fourth-order valence-electron chi connectivity index (χ4n) is 1.07. The SMILES string of the molecule is C=CCO/C=C/N1CCCC1=O. The molecule has 1 aliphatic rings. The van der Waals surface area contributed by atoms with Crippen molar-refractivity contribution in [2.75, 3.05) is 13.2 Å². The second kappa shape index (κ2) is 4.59. The van der Waals surface area contributed by atoms with E-state index in [0.29, 0.717) is 13.0 Å². The molecule has 0 N–H and O–H groups in total. The summed E-state index contributed by atoms with van der Waals surface area (Å²) in [5, 5.41) is 0. The van der Waals surface area contributed by atoms with Gasteiger partial charge in [-0.15, -0.1) is 0 Å². The summed E-state index contributed by atoms with van der Waals surface area (Å²) in [6, 6.07) is 0. The Morgan fingerprint density at radius 2 is 2.50 bits per heavy atom. The van der Waals surface area contributed by atoms with Gasteiger partial charge in [-0.1, -0.05) is 12.7 Å². The van der Waals surface area contributed by atoms with Crippen LogP contribution in [0.1, 0.15) is 12.8 Å². The molecular weight excluding hydrogens is 154 g/mol. The Balaban J connectivity index is 2.24. The Morgan fingerprint density at radius 3 is 3.08 bits per heavy atom. The number of ether oxygens (including phenoxy) is 1. The van der Waals surface area contributed by atoms with Crippen LogP contribution in [0.3, 0.4) is 0 Å². The molecule has 0 spiro atoms. The summed E-state index contributed by atoms with van der Waals surface area (Å²) in [5.74, 6) is 0.174. The molecule has 1 fully saturated rings. The van der Waals surface area contributed by atoms with E-state index in [1.54, 1.807) is 17.2 Å². The summed E-state index contributed by atoms with van der Waals surface area (Å²) in [6.45, 7) is 4.80. The predicted octanol–water partition coefficient (Wildman–Crippen LogP) is 1.28. The Bertz CT molecular complexity index is 199. The molecule has 0 aromatic rings. The fraction of sp³-hybridized carbons (Fsp3) is 0.444. The largest absolute Gasteiger partial charge is 0.496 e. The van der Waals surface area contributed by atoms with Crippen LogP contribution in [0.25, 0.3) is 0 Å². The van der Waals surface area contributed by atoms with Crippen molar-refractivity contribution in [3.8, 4) is 0 Å². The zero-order chi connectivity index (χ0) is 8.81. The highest BCUT2D eigenvalue weighted by molar-refractivity contribution is 5.79. The molecule has 1 heterocycles. The quantitative estimate of drug-likeness (QED) is 0.358. The van der Waals surface area contributed by atoms with Crippen molar-refractivity contribution >= 4 is 5.91 Å². The van der Waals surface area contributed by atoms with Gasteiger partial charge >= 0.3 is 0 Å². The molecule has 3 nitrogen and oxygen atoms in total. The van der Waals surface area contributed by atoms with Crippen LogP contribution in [-0.4, -0.2) is 24.0 Å². The fourth-order valence-corrected chi connectivity index (χ4v) is 1.07. The average molecular weight is 167 g/mol. The van der Waals surface area contributed by atoms with Gasteiger partial charge in [0, 0.05) is 19.2 Å². The normalized spacial score (nSPS) is 17.3. The topological polar surface area (TPSA) is 29.5 Å². The molecule has 0 saturated carbocycles. The maximum Gasteiger partial charge on any atom is 0.226 e. The van der Waals surface area contributed by atoms with Gasteiger partial charge in [-0.25, -0.2) is 0 Å². The Kier molecular flexibility index (Phi) is 3.38. The average Bonchev–Trinajstić information content (AvgIpc) is 2.46. The molecule has 1 saturated heterocycles. The van der Waals surface area contributed by atoms with E-state index in [2.05, 4.69) is 6.58 Å². The monoisotopic (exact) mass is 167 g/mol. The summed E-state index contributed by atoms with van der Waals surface area (Å²) >= 11 is 0. The second-order valence-electron chi connectivity index (χ2n) is 2.60. The summed E-state index contributed by atoms with van der Waals surface area (Å²) in [5.41, 5.74) is 0. The predicted molar refractivity (Wildman–Crippen MR) is 46.2 cm³/mol. The highest BCUT2D eigenvalue weighted by Crippen LogP contribution is 2.09. The molecule has 12 heavy (non-hydrogen) atoms. The van der Waals surface area contributed by atoms with E-state index in [1.165, 1.54) is 6.26 Å². The molecule has 0 unspecified atom stereocenters. The molecule has 0 radical (unpaired) electrons. The number of rotatable bonds is 4. The van der Waals surface area contributed by atoms with Crippen molar-refractivity contribution < 1.29 is 9.53 Å². The maximum atomic E-state index is 11.0. The van der Waals surface area contributed by atoms with Crippen LogP contribution < -0.4 is 0 Å². The molecule has 66 valence electrons. The van der Waals surface area contributed by atoms with Crippen LogP contribution in [-0.2, 0) is 9.53 Å². The second-order valence-corrected chi connectivity index (χ2v) is 2.60. The van der Waals surface area contributed by atoms with Gasteiger partial charge in [0.2, 0.25) is 5.91 Å². The van der Waals surface area contributed by atoms with Gasteiger partial charge in [0.15, 0.2) is 0 Å². The van der Waals surface area contributed by atoms with Gasteiger partial charge < -0.3 is 9.64 Å². The highest BCUT2D eigenvalue weighted by Gasteiger charge is 2.16. The van der Waals surface area contributed by atoms with Crippen molar-refractivity contribution in [3.05, 3.63) is 25.1 Å². The van der Waals surface area contributed by atoms with E-state index in [1.807, 2.05) is 0 Å². The first-order valence-corrected chi connectivity index (χ1v) is 4.03. The molecule has 1 rings (SSSR count). The van der Waals surface area contributed by atoms with Crippen LogP contribution in [0, 0.1) is 0 Å². The lowest BCUT2D eigenvalue weighted by Crippen LogP contribution is -2.17. The van der Waals surface area contributed by atoms with Gasteiger partial charge in [0.05, 0.1) is 6.26 Å². The zero-order valence-corrected chi connectivity index (χ0v) is 7.03. The first kappa shape index (κ1) is 8.84. The van der Waals surface area contributed by atoms with Crippen LogP contribution in [0.5, 0.6) is 0 Å². The van der Waals surface area contributed by atoms with Gasteiger partial charge in [0.25, 0.3) is 0 Å². The number of hydrogen-bond acceptors (Lipinski definition) is 2. The van der Waals surface area contributed by atoms with Crippen LogP contribution in [0.2, 0.25) is 0 Å². The minimum atomic E-state index is 0.174. The smallest absolute Gasteiger partial charge is 0.226 e. The van der Waals surface area contributed by atoms with Gasteiger partial charge in [0.1, 0.15) is 6.61 Å². The minimum Gasteiger partial charge on any atom is -0.496 e. The van der Waals surface area contributed by atoms with Crippen molar-refractivity contribution in [1.29, 1.82) is 0 Å². The third-order valence-corrected chi connectivity index (χ3v) is 1.66. The van der Waals surface area contributed by atoms with Crippen LogP contribution in [0.4, 0.5) is 0 Å². The minimum absolute atomic E-state index is 0.174. The maximum absolute atomic E-state index is 11.0. The lowest BCUT2D eigenvalue weighted by Gasteiger charge is -2.07. The summed E-state index contributed by atoms with van der Waals surface area (Å²) in [6.07, 6.45) is 6.48. The third-order valence-electron chi connectivity index (χ3n) is 1.66. The molecule has 0 bridgehead atoms. The van der Waals surface area contributed by atoms with E-state index in [4.69, 9.17) is 4.74 Å². The standard InChI is InChI=1S/C9H13NO2/c1-2-7-12-8-6-10-5-3-4-9(10)11/h2,6,8H,1,3-5,7H2/b8-6+. The number of likely N-dealkylation sites (tertiary alicyclic amines) is 1. The lowest BCUT2D eigenvalue weighted by molar-refractivity contribution is -0.125. The summed E-state index contributed by atoms with van der Waals surface area (Å²) in [7, 11) is 0. The van der Waals surface area contributed by atoms with Gasteiger partial charge in [-0.2, -0.15) is 0 Å². The molecule has 0 aliphatic carbocycles. The third kappa shape index (κ3) is 2.42. The van der Waals surface area contributed by atoms with Gasteiger partial charge in [-0.3, -0.25) is 4.79 Å². The van der Waals surface area contributed by atoms with Crippen molar-refractivity contribution in [1.82, 2.24) is 4.90 Å². The van der Waals surface area contributed by atoms with E-state index < -0.39 is 0 Å². The first-order chi connectivity index (χ1) is 5.84. The highest BCUT2D eigenvalue weighted by atomic mass is 16.5. The van der Waals surface area contributed by atoms with Crippen LogP contribution in [0.15, 0.2) is 25.1 Å². The molecule has 1 aliphatic heterocycles. The zero-order valence-electron chi connectivity index (χ0n) is 7.03. The van der Waals surface area contributed by atoms with E-state index >= 15 is 0 Å². The number of carbonyl (C=O) groups excluding carboxylic acids is 1. The molecular formula is C9H13NO2. The number of carbonyl (C=O) groups is 1. The lowest BCUT2D eigenvalue weighted by atomic mass is 10.4. The Hall–Kier alpha value is -1.25. The summed E-state index contributed by atoms with van der Waals surface area (Å²) in [4.78, 5) is 12.7. The van der Waals surface area contributed by atoms with Crippen molar-refractivity contribution in [3.63, 3.8) is 0 Å². The van der Waals surface area contributed by atoms with Crippen LogP contribution >= 0.6 is 0 Å². The Morgan fingerprint density at radius 1 is 1.67 bits per heavy atom. The van der Waals surface area contributed by atoms with Crippen molar-refractivity contribution in [2.45, 2.75) is 12.8 Å².